The number of rotatable bonds is 3. The van der Waals surface area contributed by atoms with Crippen molar-refractivity contribution in [3.63, 3.8) is 0 Å². The van der Waals surface area contributed by atoms with Gasteiger partial charge in [-0.05, 0) is 36.8 Å². The van der Waals surface area contributed by atoms with Crippen LogP contribution in [0.5, 0.6) is 11.5 Å². The molecule has 0 aliphatic rings. The first-order chi connectivity index (χ1) is 8.56. The Morgan fingerprint density at radius 1 is 1.28 bits per heavy atom. The third-order valence-corrected chi connectivity index (χ3v) is 3.24. The fourth-order valence-electron chi connectivity index (χ4n) is 1.43. The van der Waals surface area contributed by atoms with E-state index in [1.165, 1.54) is 12.3 Å². The Balaban J connectivity index is 2.25. The number of aromatic nitrogens is 1. The molecule has 1 amide bonds. The summed E-state index contributed by atoms with van der Waals surface area (Å²) in [6.07, 6.45) is 1.49. The molecule has 0 fully saturated rings. The first-order valence-corrected chi connectivity index (χ1v) is 6.05. The largest absolute Gasteiger partial charge is 0.457 e. The molecule has 2 N–H and O–H groups in total. The number of carbonyl (C=O) groups excluding carboxylic acids is 1. The van der Waals surface area contributed by atoms with Crippen LogP contribution in [0.25, 0.3) is 0 Å². The number of hydrogen-bond acceptors (Lipinski definition) is 3. The number of benzene rings is 1. The van der Waals surface area contributed by atoms with E-state index in [1.807, 2.05) is 25.1 Å². The zero-order valence-corrected chi connectivity index (χ0v) is 11.3. The Morgan fingerprint density at radius 2 is 2.00 bits per heavy atom. The molecule has 1 aromatic heterocycles. The molecule has 92 valence electrons. The van der Waals surface area contributed by atoms with Crippen molar-refractivity contribution in [1.82, 2.24) is 4.98 Å². The molecule has 0 saturated carbocycles. The highest BCUT2D eigenvalue weighted by Gasteiger charge is 2.05. The maximum atomic E-state index is 11.0. The number of aryl methyl sites for hydroxylation is 1. The maximum Gasteiger partial charge on any atom is 0.267 e. The van der Waals surface area contributed by atoms with E-state index in [0.29, 0.717) is 11.5 Å². The second-order valence-corrected chi connectivity index (χ2v) is 4.61. The van der Waals surface area contributed by atoms with Crippen LogP contribution in [-0.4, -0.2) is 10.9 Å². The van der Waals surface area contributed by atoms with E-state index in [1.54, 1.807) is 6.07 Å². The first-order valence-electron chi connectivity index (χ1n) is 5.26. The Bertz CT molecular complexity index is 599. The Kier molecular flexibility index (Phi) is 3.62. The molecule has 0 saturated heterocycles. The van der Waals surface area contributed by atoms with Crippen molar-refractivity contribution in [2.75, 3.05) is 0 Å². The highest BCUT2D eigenvalue weighted by Crippen LogP contribution is 2.26. The molecule has 5 heteroatoms. The molecule has 4 nitrogen and oxygen atoms in total. The predicted molar refractivity (Wildman–Crippen MR) is 71.7 cm³/mol. The molecule has 0 aliphatic carbocycles. The molecule has 2 aromatic rings. The summed E-state index contributed by atoms with van der Waals surface area (Å²) in [5.74, 6) is 0.644. The topological polar surface area (TPSA) is 65.2 Å². The first kappa shape index (κ1) is 12.6. The predicted octanol–water partition coefficient (Wildman–Crippen LogP) is 3.04. The number of carbonyl (C=O) groups is 1. The summed E-state index contributed by atoms with van der Waals surface area (Å²) in [7, 11) is 0. The number of nitrogens with two attached hydrogens (primary N) is 1. The van der Waals surface area contributed by atoms with Crippen molar-refractivity contribution in [2.24, 2.45) is 5.73 Å². The minimum absolute atomic E-state index is 0.182. The van der Waals surface area contributed by atoms with Crippen molar-refractivity contribution in [3.05, 3.63) is 52.3 Å². The smallest absolute Gasteiger partial charge is 0.267 e. The molecule has 0 aliphatic heterocycles. The molecule has 0 radical (unpaired) electrons. The summed E-state index contributed by atoms with van der Waals surface area (Å²) in [6, 6.07) is 8.82. The average molecular weight is 307 g/mol. The van der Waals surface area contributed by atoms with Gasteiger partial charge in [-0.3, -0.25) is 9.78 Å². The number of nitrogens with zero attached hydrogens (tertiary/aromatic N) is 1. The van der Waals surface area contributed by atoms with Gasteiger partial charge in [0, 0.05) is 16.7 Å². The third kappa shape index (κ3) is 2.87. The fourth-order valence-corrected chi connectivity index (χ4v) is 1.67. The standard InChI is InChI=1S/C13H11BrN2O2/c1-8-6-9(2-3-11(8)14)18-10-4-5-16-12(7-10)13(15)17/h2-7H,1H3,(H2,15,17). The Morgan fingerprint density at radius 3 is 2.67 bits per heavy atom. The third-order valence-electron chi connectivity index (χ3n) is 2.35. The molecule has 0 spiro atoms. The fraction of sp³-hybridized carbons (Fsp3) is 0.0769. The molecule has 0 atom stereocenters. The van der Waals surface area contributed by atoms with E-state index in [0.717, 1.165) is 10.0 Å². The molecular formula is C13H11BrN2O2. The molecule has 0 unspecified atom stereocenters. The molecule has 18 heavy (non-hydrogen) atoms. The van der Waals surface area contributed by atoms with E-state index in [4.69, 9.17) is 10.5 Å². The lowest BCUT2D eigenvalue weighted by Gasteiger charge is -2.07. The molecule has 2 rings (SSSR count). The van der Waals surface area contributed by atoms with Crippen molar-refractivity contribution in [1.29, 1.82) is 0 Å². The van der Waals surface area contributed by atoms with Crippen molar-refractivity contribution in [2.45, 2.75) is 6.92 Å². The number of primary amides is 1. The van der Waals surface area contributed by atoms with Crippen LogP contribution in [0, 0.1) is 6.92 Å². The summed E-state index contributed by atoms with van der Waals surface area (Å²) >= 11 is 3.42. The highest BCUT2D eigenvalue weighted by atomic mass is 79.9. The number of halogens is 1. The lowest BCUT2D eigenvalue weighted by atomic mass is 10.2. The van der Waals surface area contributed by atoms with E-state index >= 15 is 0 Å². The van der Waals surface area contributed by atoms with Crippen molar-refractivity contribution >= 4 is 21.8 Å². The number of pyridine rings is 1. The van der Waals surface area contributed by atoms with Gasteiger partial charge in [0.1, 0.15) is 17.2 Å². The second kappa shape index (κ2) is 5.18. The van der Waals surface area contributed by atoms with E-state index in [-0.39, 0.29) is 5.69 Å². The zero-order valence-electron chi connectivity index (χ0n) is 9.68. The summed E-state index contributed by atoms with van der Waals surface area (Å²) in [5, 5.41) is 0. The summed E-state index contributed by atoms with van der Waals surface area (Å²) in [5.41, 5.74) is 6.40. The second-order valence-electron chi connectivity index (χ2n) is 3.75. The van der Waals surface area contributed by atoms with Gasteiger partial charge in [-0.2, -0.15) is 0 Å². The van der Waals surface area contributed by atoms with Gasteiger partial charge in [0.05, 0.1) is 0 Å². The lowest BCUT2D eigenvalue weighted by Crippen LogP contribution is -2.12. The number of amides is 1. The summed E-state index contributed by atoms with van der Waals surface area (Å²) in [4.78, 5) is 14.9. The average Bonchev–Trinajstić information content (AvgIpc) is 2.34. The van der Waals surface area contributed by atoms with Crippen molar-refractivity contribution in [3.8, 4) is 11.5 Å². The molecule has 0 bridgehead atoms. The number of hydrogen-bond donors (Lipinski definition) is 1. The van der Waals surface area contributed by atoms with Gasteiger partial charge in [0.15, 0.2) is 0 Å². The summed E-state index contributed by atoms with van der Waals surface area (Å²) < 4.78 is 6.65. The van der Waals surface area contributed by atoms with Crippen LogP contribution in [0.2, 0.25) is 0 Å². The minimum Gasteiger partial charge on any atom is -0.457 e. The van der Waals surface area contributed by atoms with E-state index in [2.05, 4.69) is 20.9 Å². The minimum atomic E-state index is -0.576. The molecule has 1 aromatic carbocycles. The summed E-state index contributed by atoms with van der Waals surface area (Å²) in [6.45, 7) is 1.97. The van der Waals surface area contributed by atoms with Gasteiger partial charge in [-0.1, -0.05) is 15.9 Å². The Labute approximate surface area is 113 Å². The number of ether oxygens (including phenoxy) is 1. The van der Waals surface area contributed by atoms with Crippen LogP contribution < -0.4 is 10.5 Å². The van der Waals surface area contributed by atoms with Gasteiger partial charge < -0.3 is 10.5 Å². The normalized spacial score (nSPS) is 10.1. The maximum absolute atomic E-state index is 11.0. The van der Waals surface area contributed by atoms with Crippen LogP contribution in [0.15, 0.2) is 41.0 Å². The van der Waals surface area contributed by atoms with Crippen LogP contribution in [-0.2, 0) is 0 Å². The monoisotopic (exact) mass is 306 g/mol. The van der Waals surface area contributed by atoms with Gasteiger partial charge in [-0.25, -0.2) is 0 Å². The van der Waals surface area contributed by atoms with Crippen LogP contribution in [0.1, 0.15) is 16.1 Å². The van der Waals surface area contributed by atoms with Gasteiger partial charge in [0.2, 0.25) is 0 Å². The zero-order chi connectivity index (χ0) is 13.1. The van der Waals surface area contributed by atoms with Crippen LogP contribution >= 0.6 is 15.9 Å². The van der Waals surface area contributed by atoms with E-state index in [9.17, 15) is 4.79 Å². The quantitative estimate of drug-likeness (QED) is 0.948. The lowest BCUT2D eigenvalue weighted by molar-refractivity contribution is 0.0995. The highest BCUT2D eigenvalue weighted by molar-refractivity contribution is 9.10. The van der Waals surface area contributed by atoms with E-state index < -0.39 is 5.91 Å². The van der Waals surface area contributed by atoms with Crippen LogP contribution in [0.4, 0.5) is 0 Å². The van der Waals surface area contributed by atoms with Crippen LogP contribution in [0.3, 0.4) is 0 Å². The van der Waals surface area contributed by atoms with Gasteiger partial charge in [0.25, 0.3) is 5.91 Å². The Hall–Kier alpha value is -1.88. The molecular weight excluding hydrogens is 296 g/mol. The van der Waals surface area contributed by atoms with Crippen molar-refractivity contribution < 1.29 is 9.53 Å². The molecule has 1 heterocycles. The SMILES string of the molecule is Cc1cc(Oc2ccnc(C(N)=O)c2)ccc1Br. The van der Waals surface area contributed by atoms with Gasteiger partial charge in [-0.15, -0.1) is 0 Å². The van der Waals surface area contributed by atoms with Gasteiger partial charge >= 0.3 is 0 Å².